The Morgan fingerprint density at radius 3 is 2.00 bits per heavy atom. The van der Waals surface area contributed by atoms with Gasteiger partial charge >= 0.3 is 0 Å². The SMILES string of the molecule is C=C.CCCC(N)S(=O)(=O)O. The highest BCUT2D eigenvalue weighted by Gasteiger charge is 2.15. The topological polar surface area (TPSA) is 80.4 Å². The summed E-state index contributed by atoms with van der Waals surface area (Å²) in [5.74, 6) is 0. The summed E-state index contributed by atoms with van der Waals surface area (Å²) in [5.41, 5.74) is 5.02. The van der Waals surface area contributed by atoms with E-state index in [1.54, 1.807) is 6.92 Å². The van der Waals surface area contributed by atoms with Crippen LogP contribution in [-0.4, -0.2) is 18.3 Å². The lowest BCUT2D eigenvalue weighted by atomic mass is 10.3. The van der Waals surface area contributed by atoms with Crippen molar-refractivity contribution in [2.75, 3.05) is 0 Å². The van der Waals surface area contributed by atoms with Crippen LogP contribution < -0.4 is 5.73 Å². The lowest BCUT2D eigenvalue weighted by molar-refractivity contribution is 0.462. The fourth-order valence-corrected chi connectivity index (χ4v) is 0.967. The van der Waals surface area contributed by atoms with Gasteiger partial charge in [-0.1, -0.05) is 13.3 Å². The van der Waals surface area contributed by atoms with Gasteiger partial charge in [-0.05, 0) is 6.42 Å². The quantitative estimate of drug-likeness (QED) is 0.497. The van der Waals surface area contributed by atoms with Crippen LogP contribution in [0.25, 0.3) is 0 Å². The van der Waals surface area contributed by atoms with Crippen molar-refractivity contribution >= 4 is 10.1 Å². The number of hydrogen-bond acceptors (Lipinski definition) is 3. The monoisotopic (exact) mass is 181 g/mol. The van der Waals surface area contributed by atoms with Crippen LogP contribution >= 0.6 is 0 Å². The first-order valence-electron chi connectivity index (χ1n) is 3.20. The molecule has 3 N–H and O–H groups in total. The maximum Gasteiger partial charge on any atom is 0.280 e. The molecular formula is C6H15NO3S. The molecule has 0 aliphatic carbocycles. The molecule has 0 saturated carbocycles. The molecular weight excluding hydrogens is 166 g/mol. The second-order valence-electron chi connectivity index (χ2n) is 1.84. The first-order valence-corrected chi connectivity index (χ1v) is 4.70. The maximum atomic E-state index is 10.2. The Labute approximate surface area is 67.8 Å². The average molecular weight is 181 g/mol. The highest BCUT2D eigenvalue weighted by Crippen LogP contribution is 1.98. The zero-order chi connectivity index (χ0) is 9.49. The summed E-state index contributed by atoms with van der Waals surface area (Å²) in [6, 6.07) is 0. The Kier molecular flexibility index (Phi) is 7.60. The van der Waals surface area contributed by atoms with E-state index in [4.69, 9.17) is 10.3 Å². The van der Waals surface area contributed by atoms with Crippen molar-refractivity contribution in [3.05, 3.63) is 13.2 Å². The van der Waals surface area contributed by atoms with Gasteiger partial charge in [-0.3, -0.25) is 4.55 Å². The Hall–Kier alpha value is -0.390. The third kappa shape index (κ3) is 7.51. The van der Waals surface area contributed by atoms with Gasteiger partial charge in [-0.15, -0.1) is 13.2 Å². The molecule has 0 bridgehead atoms. The van der Waals surface area contributed by atoms with E-state index in [-0.39, 0.29) is 0 Å². The van der Waals surface area contributed by atoms with Gasteiger partial charge in [-0.25, -0.2) is 0 Å². The molecule has 1 unspecified atom stereocenters. The predicted octanol–water partition coefficient (Wildman–Crippen LogP) is 0.761. The highest BCUT2D eigenvalue weighted by molar-refractivity contribution is 7.86. The molecule has 0 radical (unpaired) electrons. The smallest absolute Gasteiger partial charge is 0.280 e. The molecule has 0 aliphatic rings. The largest absolute Gasteiger partial charge is 0.313 e. The van der Waals surface area contributed by atoms with Crippen LogP contribution in [-0.2, 0) is 10.1 Å². The lowest BCUT2D eigenvalue weighted by Gasteiger charge is -2.03. The summed E-state index contributed by atoms with van der Waals surface area (Å²) in [6.45, 7) is 7.80. The number of rotatable bonds is 3. The van der Waals surface area contributed by atoms with E-state index in [9.17, 15) is 8.42 Å². The van der Waals surface area contributed by atoms with Crippen molar-refractivity contribution in [1.82, 2.24) is 0 Å². The van der Waals surface area contributed by atoms with E-state index in [1.807, 2.05) is 0 Å². The Morgan fingerprint density at radius 1 is 1.55 bits per heavy atom. The number of nitrogens with two attached hydrogens (primary N) is 1. The van der Waals surface area contributed by atoms with Crippen LogP contribution in [0.3, 0.4) is 0 Å². The molecule has 0 aliphatic heterocycles. The maximum absolute atomic E-state index is 10.2. The summed E-state index contributed by atoms with van der Waals surface area (Å²) < 4.78 is 28.6. The molecule has 0 rings (SSSR count). The molecule has 1 atom stereocenters. The Bertz CT molecular complexity index is 176. The van der Waals surface area contributed by atoms with Gasteiger partial charge < -0.3 is 5.73 Å². The minimum atomic E-state index is -3.99. The summed E-state index contributed by atoms with van der Waals surface area (Å²) >= 11 is 0. The van der Waals surface area contributed by atoms with Crippen LogP contribution in [0.5, 0.6) is 0 Å². The van der Waals surface area contributed by atoms with Crippen LogP contribution in [0, 0.1) is 0 Å². The summed E-state index contributed by atoms with van der Waals surface area (Å²) in [4.78, 5) is 0. The van der Waals surface area contributed by atoms with Crippen LogP contribution in [0.2, 0.25) is 0 Å². The van der Waals surface area contributed by atoms with Crippen molar-refractivity contribution < 1.29 is 13.0 Å². The molecule has 0 aromatic heterocycles. The third-order valence-corrected chi connectivity index (χ3v) is 1.96. The van der Waals surface area contributed by atoms with Gasteiger partial charge in [0, 0.05) is 0 Å². The second-order valence-corrected chi connectivity index (χ2v) is 3.48. The van der Waals surface area contributed by atoms with E-state index in [1.165, 1.54) is 0 Å². The molecule has 0 fully saturated rings. The second kappa shape index (κ2) is 6.33. The van der Waals surface area contributed by atoms with Crippen molar-refractivity contribution in [2.45, 2.75) is 25.1 Å². The molecule has 0 spiro atoms. The number of hydrogen-bond donors (Lipinski definition) is 2. The zero-order valence-corrected chi connectivity index (χ0v) is 7.47. The fourth-order valence-electron chi connectivity index (χ4n) is 0.433. The standard InChI is InChI=1S/C4H11NO3S.C2H4/c1-2-3-4(5)9(6,7)8;1-2/h4H,2-3,5H2,1H3,(H,6,7,8);1-2H2. The normalized spacial score (nSPS) is 13.0. The molecule has 0 amide bonds. The van der Waals surface area contributed by atoms with Crippen molar-refractivity contribution in [1.29, 1.82) is 0 Å². The molecule has 0 aromatic carbocycles. The van der Waals surface area contributed by atoms with Crippen molar-refractivity contribution in [2.24, 2.45) is 5.73 Å². The van der Waals surface area contributed by atoms with Crippen LogP contribution in [0.1, 0.15) is 19.8 Å². The molecule has 11 heavy (non-hydrogen) atoms. The van der Waals surface area contributed by atoms with Gasteiger partial charge in [0.1, 0.15) is 5.37 Å². The molecule has 68 valence electrons. The highest BCUT2D eigenvalue weighted by atomic mass is 32.2. The van der Waals surface area contributed by atoms with Gasteiger partial charge in [-0.2, -0.15) is 8.42 Å². The first-order chi connectivity index (χ1) is 4.98. The van der Waals surface area contributed by atoms with Crippen molar-refractivity contribution in [3.63, 3.8) is 0 Å². The summed E-state index contributed by atoms with van der Waals surface area (Å²) in [7, 11) is -3.99. The molecule has 5 heteroatoms. The summed E-state index contributed by atoms with van der Waals surface area (Å²) in [6.07, 6.45) is 0.958. The van der Waals surface area contributed by atoms with Gasteiger partial charge in [0.2, 0.25) is 0 Å². The van der Waals surface area contributed by atoms with E-state index < -0.39 is 15.5 Å². The minimum absolute atomic E-state index is 0.304. The predicted molar refractivity (Wildman–Crippen MR) is 45.7 cm³/mol. The van der Waals surface area contributed by atoms with Crippen LogP contribution in [0.15, 0.2) is 13.2 Å². The molecule has 0 saturated heterocycles. The lowest BCUT2D eigenvalue weighted by Crippen LogP contribution is -2.29. The molecule has 0 aromatic rings. The Balaban J connectivity index is 0. The zero-order valence-electron chi connectivity index (χ0n) is 6.66. The Morgan fingerprint density at radius 2 is 1.91 bits per heavy atom. The molecule has 4 nitrogen and oxygen atoms in total. The summed E-state index contributed by atoms with van der Waals surface area (Å²) in [5, 5.41) is -1.11. The van der Waals surface area contributed by atoms with Gasteiger partial charge in [0.25, 0.3) is 10.1 Å². The molecule has 0 heterocycles. The third-order valence-electron chi connectivity index (χ3n) is 0.956. The van der Waals surface area contributed by atoms with Gasteiger partial charge in [0.15, 0.2) is 0 Å². The van der Waals surface area contributed by atoms with Gasteiger partial charge in [0.05, 0.1) is 0 Å². The van der Waals surface area contributed by atoms with E-state index in [0.717, 1.165) is 0 Å². The van der Waals surface area contributed by atoms with Crippen molar-refractivity contribution in [3.8, 4) is 0 Å². The van der Waals surface area contributed by atoms with E-state index in [0.29, 0.717) is 12.8 Å². The van der Waals surface area contributed by atoms with E-state index in [2.05, 4.69) is 13.2 Å². The average Bonchev–Trinajstić information content (AvgIpc) is 1.91. The fraction of sp³-hybridized carbons (Fsp3) is 0.667. The first kappa shape index (κ1) is 13.2. The minimum Gasteiger partial charge on any atom is -0.313 e. The van der Waals surface area contributed by atoms with Crippen LogP contribution in [0.4, 0.5) is 0 Å². The van der Waals surface area contributed by atoms with E-state index >= 15 is 0 Å².